The van der Waals surface area contributed by atoms with Gasteiger partial charge in [-0.05, 0) is 70.2 Å². The van der Waals surface area contributed by atoms with Gasteiger partial charge in [0.1, 0.15) is 11.4 Å². The molecule has 2 rings (SSSR count). The molecule has 3 nitrogen and oxygen atoms in total. The minimum atomic E-state index is -0.533. The van der Waals surface area contributed by atoms with E-state index in [9.17, 15) is 9.18 Å². The van der Waals surface area contributed by atoms with Gasteiger partial charge >= 0.3 is 6.09 Å². The summed E-state index contributed by atoms with van der Waals surface area (Å²) in [4.78, 5) is 14.2. The minimum Gasteiger partial charge on any atom is -0.444 e. The second-order valence-corrected chi connectivity index (χ2v) is 7.74. The van der Waals surface area contributed by atoms with Gasteiger partial charge < -0.3 is 9.64 Å². The third-order valence-corrected chi connectivity index (χ3v) is 4.55. The summed E-state index contributed by atoms with van der Waals surface area (Å²) in [6, 6.07) is 3.43. The molecule has 0 radical (unpaired) electrons. The van der Waals surface area contributed by atoms with Crippen LogP contribution < -0.4 is 0 Å². The van der Waals surface area contributed by atoms with Crippen LogP contribution in [0.15, 0.2) is 16.6 Å². The van der Waals surface area contributed by atoms with Crippen LogP contribution in [0, 0.1) is 12.7 Å². The van der Waals surface area contributed by atoms with E-state index in [2.05, 4.69) is 15.9 Å². The Morgan fingerprint density at radius 1 is 1.41 bits per heavy atom. The summed E-state index contributed by atoms with van der Waals surface area (Å²) >= 11 is 3.46. The number of benzene rings is 1. The van der Waals surface area contributed by atoms with E-state index in [-0.39, 0.29) is 18.0 Å². The molecule has 1 fully saturated rings. The molecule has 0 atom stereocenters. The van der Waals surface area contributed by atoms with Crippen LogP contribution in [-0.2, 0) is 11.3 Å². The summed E-state index contributed by atoms with van der Waals surface area (Å²) in [6.07, 6.45) is 2.74. The second kappa shape index (κ2) is 6.57. The monoisotopic (exact) mass is 371 g/mol. The lowest BCUT2D eigenvalue weighted by Crippen LogP contribution is -2.46. The first-order valence-electron chi connectivity index (χ1n) is 7.61. The Morgan fingerprint density at radius 3 is 2.55 bits per heavy atom. The maximum Gasteiger partial charge on any atom is 0.410 e. The van der Waals surface area contributed by atoms with Crippen LogP contribution in [0.5, 0.6) is 0 Å². The summed E-state index contributed by atoms with van der Waals surface area (Å²) in [6.45, 7) is 7.64. The second-order valence-electron chi connectivity index (χ2n) is 6.89. The fraction of sp³-hybridized carbons (Fsp3) is 0.588. The van der Waals surface area contributed by atoms with Gasteiger partial charge in [0.25, 0.3) is 0 Å². The smallest absolute Gasteiger partial charge is 0.410 e. The lowest BCUT2D eigenvalue weighted by Gasteiger charge is -2.38. The third-order valence-electron chi connectivity index (χ3n) is 3.81. The summed E-state index contributed by atoms with van der Waals surface area (Å²) in [5.41, 5.74) is 0.818. The van der Waals surface area contributed by atoms with Crippen LogP contribution in [0.1, 0.15) is 51.2 Å². The van der Waals surface area contributed by atoms with E-state index in [4.69, 9.17) is 4.74 Å². The predicted octanol–water partition coefficient (Wildman–Crippen LogP) is 5.19. The lowest BCUT2D eigenvalue weighted by molar-refractivity contribution is 0.00453. The van der Waals surface area contributed by atoms with Gasteiger partial charge in [0.05, 0.1) is 6.54 Å². The predicted molar refractivity (Wildman–Crippen MR) is 88.3 cm³/mol. The molecule has 0 aliphatic heterocycles. The van der Waals surface area contributed by atoms with Crippen molar-refractivity contribution in [2.75, 3.05) is 0 Å². The van der Waals surface area contributed by atoms with Gasteiger partial charge in [0.2, 0.25) is 0 Å². The van der Waals surface area contributed by atoms with Crippen LogP contribution in [0.4, 0.5) is 9.18 Å². The van der Waals surface area contributed by atoms with Gasteiger partial charge in [-0.3, -0.25) is 0 Å². The van der Waals surface area contributed by atoms with Crippen LogP contribution in [0.3, 0.4) is 0 Å². The Kier molecular flexibility index (Phi) is 5.15. The van der Waals surface area contributed by atoms with Crippen molar-refractivity contribution in [3.63, 3.8) is 0 Å². The van der Waals surface area contributed by atoms with Gasteiger partial charge in [0.15, 0.2) is 0 Å². The van der Waals surface area contributed by atoms with Gasteiger partial charge in [0, 0.05) is 10.5 Å². The molecule has 5 heteroatoms. The number of carbonyl (C=O) groups is 1. The third kappa shape index (κ3) is 4.22. The summed E-state index contributed by atoms with van der Waals surface area (Å²) in [5, 5.41) is 0. The zero-order valence-electron chi connectivity index (χ0n) is 13.6. The molecule has 1 aliphatic carbocycles. The highest BCUT2D eigenvalue weighted by atomic mass is 79.9. The quantitative estimate of drug-likeness (QED) is 0.731. The summed E-state index contributed by atoms with van der Waals surface area (Å²) in [7, 11) is 0. The summed E-state index contributed by atoms with van der Waals surface area (Å²) in [5.74, 6) is -0.254. The molecule has 1 aromatic carbocycles. The first kappa shape index (κ1) is 17.3. The number of carbonyl (C=O) groups excluding carboxylic acids is 1. The van der Waals surface area contributed by atoms with E-state index in [0.717, 1.165) is 29.3 Å². The first-order chi connectivity index (χ1) is 10.2. The van der Waals surface area contributed by atoms with Crippen LogP contribution in [0.25, 0.3) is 0 Å². The molecule has 0 spiro atoms. The molecule has 1 aliphatic rings. The molecule has 0 heterocycles. The number of nitrogens with zero attached hydrogens (tertiary/aromatic N) is 1. The normalized spacial score (nSPS) is 15.4. The number of hydrogen-bond acceptors (Lipinski definition) is 2. The number of rotatable bonds is 3. The number of hydrogen-bond donors (Lipinski definition) is 0. The molecule has 22 heavy (non-hydrogen) atoms. The average molecular weight is 372 g/mol. The minimum absolute atomic E-state index is 0.186. The Hall–Kier alpha value is -1.10. The topological polar surface area (TPSA) is 29.5 Å². The molecule has 1 aromatic rings. The van der Waals surface area contributed by atoms with E-state index < -0.39 is 5.60 Å². The molecule has 0 bridgehead atoms. The largest absolute Gasteiger partial charge is 0.444 e. The van der Waals surface area contributed by atoms with Gasteiger partial charge in [-0.1, -0.05) is 15.9 Å². The highest BCUT2D eigenvalue weighted by Crippen LogP contribution is 2.30. The Balaban J connectivity index is 2.20. The van der Waals surface area contributed by atoms with E-state index in [0.29, 0.717) is 12.1 Å². The SMILES string of the molecule is Cc1cc(Br)c(CN(C(=O)OC(C)(C)C)C2CCC2)cc1F. The van der Waals surface area contributed by atoms with E-state index in [1.165, 1.54) is 6.07 Å². The van der Waals surface area contributed by atoms with Gasteiger partial charge in [-0.15, -0.1) is 0 Å². The van der Waals surface area contributed by atoms with Crippen molar-refractivity contribution >= 4 is 22.0 Å². The highest BCUT2D eigenvalue weighted by Gasteiger charge is 2.32. The van der Waals surface area contributed by atoms with Crippen molar-refractivity contribution in [1.82, 2.24) is 4.90 Å². The van der Waals surface area contributed by atoms with Gasteiger partial charge in [-0.2, -0.15) is 0 Å². The number of ether oxygens (including phenoxy) is 1. The van der Waals surface area contributed by atoms with Crippen LogP contribution >= 0.6 is 15.9 Å². The fourth-order valence-corrected chi connectivity index (χ4v) is 2.94. The standard InChI is InChI=1S/C17H23BrFNO2/c1-11-8-14(18)12(9-15(11)19)10-20(13-6-5-7-13)16(21)22-17(2,3)4/h8-9,13H,5-7,10H2,1-4H3. The maximum absolute atomic E-state index is 13.8. The Labute approximate surface area is 140 Å². The zero-order chi connectivity index (χ0) is 16.5. The van der Waals surface area contributed by atoms with E-state index in [1.54, 1.807) is 17.9 Å². The summed E-state index contributed by atoms with van der Waals surface area (Å²) < 4.78 is 20.1. The van der Waals surface area contributed by atoms with Crippen molar-refractivity contribution < 1.29 is 13.9 Å². The fourth-order valence-electron chi connectivity index (χ4n) is 2.35. The van der Waals surface area contributed by atoms with Crippen molar-refractivity contribution in [3.8, 4) is 0 Å². The number of amides is 1. The van der Waals surface area contributed by atoms with Gasteiger partial charge in [-0.25, -0.2) is 9.18 Å². The zero-order valence-corrected chi connectivity index (χ0v) is 15.2. The van der Waals surface area contributed by atoms with Crippen molar-refractivity contribution in [3.05, 3.63) is 33.5 Å². The Bertz CT molecular complexity index is 565. The molecular weight excluding hydrogens is 349 g/mol. The number of aryl methyl sites for hydroxylation is 1. The number of halogens is 2. The molecule has 0 saturated heterocycles. The van der Waals surface area contributed by atoms with Crippen LogP contribution in [0.2, 0.25) is 0 Å². The van der Waals surface area contributed by atoms with E-state index >= 15 is 0 Å². The van der Waals surface area contributed by atoms with Crippen LogP contribution in [-0.4, -0.2) is 22.6 Å². The molecule has 1 saturated carbocycles. The van der Waals surface area contributed by atoms with Crippen molar-refractivity contribution in [2.24, 2.45) is 0 Å². The average Bonchev–Trinajstić information content (AvgIpc) is 2.30. The molecular formula is C17H23BrFNO2. The molecule has 0 unspecified atom stereocenters. The first-order valence-corrected chi connectivity index (χ1v) is 8.41. The maximum atomic E-state index is 13.8. The Morgan fingerprint density at radius 2 is 2.05 bits per heavy atom. The van der Waals surface area contributed by atoms with E-state index in [1.807, 2.05) is 20.8 Å². The molecule has 122 valence electrons. The lowest BCUT2D eigenvalue weighted by atomic mass is 9.91. The van der Waals surface area contributed by atoms with Crippen molar-refractivity contribution in [1.29, 1.82) is 0 Å². The highest BCUT2D eigenvalue weighted by molar-refractivity contribution is 9.10. The molecule has 0 N–H and O–H groups in total. The molecule has 0 aromatic heterocycles. The molecule has 1 amide bonds. The van der Waals surface area contributed by atoms with Crippen molar-refractivity contribution in [2.45, 2.75) is 65.1 Å².